The van der Waals surface area contributed by atoms with Gasteiger partial charge in [0.05, 0.1) is 0 Å². The Hall–Kier alpha value is -1.29. The van der Waals surface area contributed by atoms with E-state index < -0.39 is 0 Å². The number of hydrogen-bond donors (Lipinski definition) is 2. The fourth-order valence-electron chi connectivity index (χ4n) is 1.26. The van der Waals surface area contributed by atoms with Gasteiger partial charge in [-0.05, 0) is 25.5 Å². The van der Waals surface area contributed by atoms with Crippen LogP contribution < -0.4 is 10.6 Å². The summed E-state index contributed by atoms with van der Waals surface area (Å²) < 4.78 is 0. The number of aromatic nitrogens is 1. The molecule has 0 bridgehead atoms. The predicted octanol–water partition coefficient (Wildman–Crippen LogP) is 2.45. The minimum absolute atomic E-state index is 0.0499. The number of nitrogens with one attached hydrogen (secondary N) is 2. The number of hydrogen-bond acceptors (Lipinski definition) is 3. The van der Waals surface area contributed by atoms with E-state index in [0.29, 0.717) is 23.9 Å². The van der Waals surface area contributed by atoms with Crippen molar-refractivity contribution in [3.8, 4) is 0 Å². The molecule has 0 saturated carbocycles. The number of rotatable bonds is 6. The van der Waals surface area contributed by atoms with Gasteiger partial charge in [0.15, 0.2) is 0 Å². The van der Waals surface area contributed by atoms with Crippen molar-refractivity contribution in [1.82, 2.24) is 10.3 Å². The maximum atomic E-state index is 11.5. The molecule has 2 N–H and O–H groups in total. The second-order valence-corrected chi connectivity index (χ2v) is 4.29. The van der Waals surface area contributed by atoms with Gasteiger partial charge in [-0.3, -0.25) is 4.79 Å². The molecule has 4 nitrogen and oxygen atoms in total. The summed E-state index contributed by atoms with van der Waals surface area (Å²) in [4.78, 5) is 15.5. The van der Waals surface area contributed by atoms with Gasteiger partial charge in [-0.1, -0.05) is 24.6 Å². The second kappa shape index (κ2) is 7.12. The van der Waals surface area contributed by atoms with Crippen molar-refractivity contribution in [1.29, 1.82) is 0 Å². The molecule has 1 heterocycles. The van der Waals surface area contributed by atoms with Gasteiger partial charge in [-0.2, -0.15) is 0 Å². The van der Waals surface area contributed by atoms with Crippen molar-refractivity contribution in [2.45, 2.75) is 32.7 Å². The van der Waals surface area contributed by atoms with Gasteiger partial charge in [0.2, 0.25) is 5.91 Å². The molecule has 0 aliphatic heterocycles. The Kier molecular flexibility index (Phi) is 5.77. The van der Waals surface area contributed by atoms with E-state index in [9.17, 15) is 4.79 Å². The molecule has 0 aliphatic carbocycles. The number of nitrogens with zero attached hydrogens (tertiary/aromatic N) is 1. The first-order chi connectivity index (χ1) is 8.11. The van der Waals surface area contributed by atoms with Crippen molar-refractivity contribution < 1.29 is 4.79 Å². The van der Waals surface area contributed by atoms with Crippen molar-refractivity contribution in [2.24, 2.45) is 0 Å². The van der Waals surface area contributed by atoms with Crippen LogP contribution in [0.1, 0.15) is 26.7 Å². The predicted molar refractivity (Wildman–Crippen MR) is 70.2 cm³/mol. The first kappa shape index (κ1) is 13.8. The Balaban J connectivity index is 2.26. The number of carbonyl (C=O) groups is 1. The summed E-state index contributed by atoms with van der Waals surface area (Å²) in [6, 6.07) is 5.57. The Bertz CT molecular complexity index is 371. The Morgan fingerprint density at radius 3 is 2.94 bits per heavy atom. The molecule has 1 unspecified atom stereocenters. The van der Waals surface area contributed by atoms with Gasteiger partial charge in [-0.25, -0.2) is 4.98 Å². The van der Waals surface area contributed by atoms with E-state index in [2.05, 4.69) is 15.6 Å². The van der Waals surface area contributed by atoms with Gasteiger partial charge in [-0.15, -0.1) is 0 Å². The summed E-state index contributed by atoms with van der Waals surface area (Å²) in [5, 5.41) is 6.40. The Labute approximate surface area is 107 Å². The highest BCUT2D eigenvalue weighted by Gasteiger charge is 2.04. The third-order valence-corrected chi connectivity index (χ3v) is 2.60. The first-order valence-corrected chi connectivity index (χ1v) is 6.15. The number of carbonyl (C=O) groups excluding carboxylic acids is 1. The first-order valence-electron chi connectivity index (χ1n) is 5.77. The van der Waals surface area contributed by atoms with E-state index in [1.54, 1.807) is 6.07 Å². The van der Waals surface area contributed by atoms with E-state index in [4.69, 9.17) is 11.6 Å². The molecule has 0 radical (unpaired) electrons. The number of amides is 1. The molecule has 0 fully saturated rings. The molecule has 1 rings (SSSR count). The van der Waals surface area contributed by atoms with E-state index in [0.717, 1.165) is 6.42 Å². The van der Waals surface area contributed by atoms with E-state index in [1.807, 2.05) is 26.0 Å². The summed E-state index contributed by atoms with van der Waals surface area (Å²) in [5.41, 5.74) is 0. The van der Waals surface area contributed by atoms with Crippen LogP contribution >= 0.6 is 11.6 Å². The van der Waals surface area contributed by atoms with Crippen LogP contribution in [0.4, 0.5) is 5.82 Å². The fraction of sp³-hybridized carbons (Fsp3) is 0.500. The molecule has 0 aromatic carbocycles. The molecule has 1 aromatic heterocycles. The molecular weight excluding hydrogens is 238 g/mol. The highest BCUT2D eigenvalue weighted by molar-refractivity contribution is 6.29. The normalized spacial score (nSPS) is 11.9. The topological polar surface area (TPSA) is 54.0 Å². The summed E-state index contributed by atoms with van der Waals surface area (Å²) in [6.07, 6.45) is 1.37. The van der Waals surface area contributed by atoms with Crippen LogP contribution in [0, 0.1) is 0 Å². The molecule has 1 amide bonds. The van der Waals surface area contributed by atoms with Crippen LogP contribution in [-0.2, 0) is 4.79 Å². The molecule has 5 heteroatoms. The zero-order chi connectivity index (χ0) is 12.7. The van der Waals surface area contributed by atoms with Crippen molar-refractivity contribution in [2.75, 3.05) is 11.9 Å². The summed E-state index contributed by atoms with van der Waals surface area (Å²) >= 11 is 5.74. The molecule has 0 spiro atoms. The summed E-state index contributed by atoms with van der Waals surface area (Å²) in [6.45, 7) is 4.58. The maximum Gasteiger partial charge on any atom is 0.221 e. The standard InChI is InChI=1S/C12H18ClN3O/c1-3-9(2)15-12(17)7-8-14-11-6-4-5-10(13)16-11/h4-6,9H,3,7-8H2,1-2H3,(H,14,16)(H,15,17). The van der Waals surface area contributed by atoms with Gasteiger partial charge in [0.25, 0.3) is 0 Å². The second-order valence-electron chi connectivity index (χ2n) is 3.90. The molecule has 17 heavy (non-hydrogen) atoms. The quantitative estimate of drug-likeness (QED) is 0.768. The number of halogens is 1. The molecule has 0 aliphatic rings. The largest absolute Gasteiger partial charge is 0.370 e. The smallest absolute Gasteiger partial charge is 0.221 e. The molecule has 1 atom stereocenters. The van der Waals surface area contributed by atoms with E-state index in [-0.39, 0.29) is 11.9 Å². The summed E-state index contributed by atoms with van der Waals surface area (Å²) in [7, 11) is 0. The van der Waals surface area contributed by atoms with E-state index in [1.165, 1.54) is 0 Å². The molecule has 94 valence electrons. The van der Waals surface area contributed by atoms with Crippen LogP contribution in [0.25, 0.3) is 0 Å². The fourth-order valence-corrected chi connectivity index (χ4v) is 1.42. The highest BCUT2D eigenvalue weighted by Crippen LogP contribution is 2.08. The molecule has 0 saturated heterocycles. The van der Waals surface area contributed by atoms with Gasteiger partial charge < -0.3 is 10.6 Å². The minimum Gasteiger partial charge on any atom is -0.370 e. The van der Waals surface area contributed by atoms with Crippen molar-refractivity contribution in [3.05, 3.63) is 23.4 Å². The van der Waals surface area contributed by atoms with Gasteiger partial charge >= 0.3 is 0 Å². The third-order valence-electron chi connectivity index (χ3n) is 2.39. The van der Waals surface area contributed by atoms with Crippen LogP contribution in [0.2, 0.25) is 5.15 Å². The van der Waals surface area contributed by atoms with Crippen molar-refractivity contribution in [3.63, 3.8) is 0 Å². The number of pyridine rings is 1. The van der Waals surface area contributed by atoms with Gasteiger partial charge in [0, 0.05) is 19.0 Å². The van der Waals surface area contributed by atoms with Crippen LogP contribution in [0.3, 0.4) is 0 Å². The monoisotopic (exact) mass is 255 g/mol. The van der Waals surface area contributed by atoms with Crippen molar-refractivity contribution >= 4 is 23.3 Å². The molecule has 1 aromatic rings. The Morgan fingerprint density at radius 1 is 1.53 bits per heavy atom. The van der Waals surface area contributed by atoms with Crippen LogP contribution in [0.5, 0.6) is 0 Å². The number of anilines is 1. The average Bonchev–Trinajstić information content (AvgIpc) is 2.29. The maximum absolute atomic E-state index is 11.5. The van der Waals surface area contributed by atoms with E-state index >= 15 is 0 Å². The lowest BCUT2D eigenvalue weighted by molar-refractivity contribution is -0.121. The lowest BCUT2D eigenvalue weighted by Crippen LogP contribution is -2.32. The SMILES string of the molecule is CCC(C)NC(=O)CCNc1cccc(Cl)n1. The van der Waals surface area contributed by atoms with Gasteiger partial charge in [0.1, 0.15) is 11.0 Å². The highest BCUT2D eigenvalue weighted by atomic mass is 35.5. The average molecular weight is 256 g/mol. The summed E-state index contributed by atoms with van der Waals surface area (Å²) in [5.74, 6) is 0.739. The third kappa shape index (κ3) is 5.54. The Morgan fingerprint density at radius 2 is 2.29 bits per heavy atom. The zero-order valence-electron chi connectivity index (χ0n) is 10.2. The lowest BCUT2D eigenvalue weighted by Gasteiger charge is -2.11. The minimum atomic E-state index is 0.0499. The van der Waals surface area contributed by atoms with Crippen LogP contribution in [0.15, 0.2) is 18.2 Å². The van der Waals surface area contributed by atoms with Crippen LogP contribution in [-0.4, -0.2) is 23.5 Å². The molecular formula is C12H18ClN3O. The lowest BCUT2D eigenvalue weighted by atomic mass is 10.2. The zero-order valence-corrected chi connectivity index (χ0v) is 10.9.